The van der Waals surface area contributed by atoms with Gasteiger partial charge in [0.2, 0.25) is 0 Å². The first-order chi connectivity index (χ1) is 4.45. The topological polar surface area (TPSA) is 32.3 Å². The molecule has 0 rings (SSSR count). The zero-order valence-electron chi connectivity index (χ0n) is 6.61. The van der Waals surface area contributed by atoms with Crippen LogP contribution in [0.1, 0.15) is 20.8 Å². The van der Waals surface area contributed by atoms with Crippen molar-refractivity contribution in [3.63, 3.8) is 0 Å². The maximum atomic E-state index is 9.15. The molecule has 0 aliphatic heterocycles. The van der Waals surface area contributed by atoms with Crippen molar-refractivity contribution >= 4 is 16.1 Å². The average molecular weight is 208 g/mol. The average Bonchev–Trinajstić information content (AvgIpc) is 1.85. The number of hydrogen-bond acceptors (Lipinski definition) is 2. The maximum Gasteiger partial charge on any atom is 0.106 e. The molecule has 0 radical (unpaired) electrons. The van der Waals surface area contributed by atoms with E-state index >= 15 is 0 Å². The number of halogens is 1. The fourth-order valence-corrected chi connectivity index (χ4v) is 1.18. The highest BCUT2D eigenvalue weighted by Gasteiger charge is 2.30. The molecule has 0 aromatic carbocycles. The van der Waals surface area contributed by atoms with Gasteiger partial charge in [0.15, 0.2) is 0 Å². The first-order valence-corrected chi connectivity index (χ1v) is 4.00. The molecular formula is C7H14BrNO. The molecule has 0 bridgehead atoms. The second-order valence-corrected chi connectivity index (χ2v) is 3.29. The summed E-state index contributed by atoms with van der Waals surface area (Å²) in [6, 6.07) is 0. The Balaban J connectivity index is 4.38. The minimum absolute atomic E-state index is 0.152. The molecule has 10 heavy (non-hydrogen) atoms. The van der Waals surface area contributed by atoms with Crippen LogP contribution in [0.2, 0.25) is 0 Å². The van der Waals surface area contributed by atoms with Crippen LogP contribution in [0, 0.1) is 5.92 Å². The molecule has 2 nitrogen and oxygen atoms in total. The van der Waals surface area contributed by atoms with Crippen LogP contribution >= 0.6 is 16.1 Å². The van der Waals surface area contributed by atoms with E-state index in [1.807, 2.05) is 20.8 Å². The lowest BCUT2D eigenvalue weighted by Gasteiger charge is -2.30. The molecule has 0 aliphatic carbocycles. The van der Waals surface area contributed by atoms with E-state index in [4.69, 9.17) is 5.11 Å². The Morgan fingerprint density at radius 1 is 1.70 bits per heavy atom. The minimum atomic E-state index is -0.431. The molecule has 3 heteroatoms. The van der Waals surface area contributed by atoms with Crippen molar-refractivity contribution in [3.8, 4) is 0 Å². The molecule has 1 unspecified atom stereocenters. The fraction of sp³-hybridized carbons (Fsp3) is 0.714. The summed E-state index contributed by atoms with van der Waals surface area (Å²) in [4.78, 5) is 0. The summed E-state index contributed by atoms with van der Waals surface area (Å²) in [6.45, 7) is 9.39. The second-order valence-electron chi connectivity index (χ2n) is 2.90. The Bertz CT molecular complexity index is 136. The predicted octanol–water partition coefficient (Wildman–Crippen LogP) is 2.37. The summed E-state index contributed by atoms with van der Waals surface area (Å²) < 4.78 is 2.84. The summed E-state index contributed by atoms with van der Waals surface area (Å²) in [7, 11) is 0. The van der Waals surface area contributed by atoms with E-state index < -0.39 is 5.54 Å². The highest BCUT2D eigenvalue weighted by atomic mass is 79.9. The van der Waals surface area contributed by atoms with E-state index in [9.17, 15) is 0 Å². The zero-order valence-corrected chi connectivity index (χ0v) is 8.20. The number of rotatable bonds is 3. The Kier molecular flexibility index (Phi) is 3.39. The monoisotopic (exact) mass is 207 g/mol. The van der Waals surface area contributed by atoms with Crippen molar-refractivity contribution in [3.05, 3.63) is 12.3 Å². The summed E-state index contributed by atoms with van der Waals surface area (Å²) in [5.74, 6) is 0.448. The van der Waals surface area contributed by atoms with Crippen molar-refractivity contribution in [2.24, 2.45) is 5.92 Å². The molecule has 0 aromatic heterocycles. The van der Waals surface area contributed by atoms with Gasteiger partial charge >= 0.3 is 0 Å². The molecule has 0 saturated carbocycles. The summed E-state index contributed by atoms with van der Waals surface area (Å²) in [6.07, 6.45) is 0. The molecule has 0 amide bonds. The molecule has 0 saturated heterocycles. The molecule has 60 valence electrons. The van der Waals surface area contributed by atoms with Crippen LogP contribution in [0.3, 0.4) is 0 Å². The van der Waals surface area contributed by atoms with Gasteiger partial charge in [-0.1, -0.05) is 20.4 Å². The Morgan fingerprint density at radius 3 is 2.10 bits per heavy atom. The van der Waals surface area contributed by atoms with Crippen molar-refractivity contribution < 1.29 is 5.11 Å². The largest absolute Gasteiger partial charge is 0.511 e. The first kappa shape index (κ1) is 9.98. The lowest BCUT2D eigenvalue weighted by Crippen LogP contribution is -2.43. The third-order valence-corrected chi connectivity index (χ3v) is 2.77. The van der Waals surface area contributed by atoms with Crippen LogP contribution in [0.5, 0.6) is 0 Å². The normalized spacial score (nSPS) is 16.9. The summed E-state index contributed by atoms with van der Waals surface area (Å²) >= 11 is 3.10. The van der Waals surface area contributed by atoms with Crippen LogP contribution in [0.15, 0.2) is 12.3 Å². The molecule has 0 heterocycles. The quantitative estimate of drug-likeness (QED) is 0.551. The van der Waals surface area contributed by atoms with Gasteiger partial charge in [-0.05, 0) is 12.8 Å². The minimum Gasteiger partial charge on any atom is -0.511 e. The van der Waals surface area contributed by atoms with Crippen LogP contribution in [-0.2, 0) is 0 Å². The molecule has 2 N–H and O–H groups in total. The van der Waals surface area contributed by atoms with Crippen LogP contribution < -0.4 is 4.34 Å². The van der Waals surface area contributed by atoms with Crippen LogP contribution in [0.25, 0.3) is 0 Å². The smallest absolute Gasteiger partial charge is 0.106 e. The maximum absolute atomic E-state index is 9.15. The van der Waals surface area contributed by atoms with Gasteiger partial charge in [0.05, 0.1) is 5.54 Å². The van der Waals surface area contributed by atoms with Gasteiger partial charge in [-0.2, -0.15) is 0 Å². The number of hydrogen-bond donors (Lipinski definition) is 2. The SMILES string of the molecule is C=C(O)C(C)(NBr)C(C)C. The molecule has 0 fully saturated rings. The third-order valence-electron chi connectivity index (χ3n) is 1.95. The molecule has 0 aliphatic rings. The highest BCUT2D eigenvalue weighted by Crippen LogP contribution is 2.23. The van der Waals surface area contributed by atoms with E-state index in [0.29, 0.717) is 5.92 Å². The Labute approximate surface area is 70.7 Å². The van der Waals surface area contributed by atoms with E-state index in [-0.39, 0.29) is 5.76 Å². The second kappa shape index (κ2) is 3.39. The van der Waals surface area contributed by atoms with Gasteiger partial charge in [0.25, 0.3) is 0 Å². The van der Waals surface area contributed by atoms with Crippen molar-refractivity contribution in [1.29, 1.82) is 0 Å². The van der Waals surface area contributed by atoms with Gasteiger partial charge < -0.3 is 5.11 Å². The molecule has 1 atom stereocenters. The lowest BCUT2D eigenvalue weighted by atomic mass is 9.88. The standard InChI is InChI=1S/C7H14BrNO/c1-5(2)7(4,9-8)6(3)10/h5,9-10H,3H2,1-2,4H3. The zero-order chi connectivity index (χ0) is 8.36. The number of aliphatic hydroxyl groups is 1. The number of nitrogens with one attached hydrogen (secondary N) is 1. The first-order valence-electron chi connectivity index (χ1n) is 3.21. The van der Waals surface area contributed by atoms with Gasteiger partial charge in [-0.25, -0.2) is 4.34 Å². The third kappa shape index (κ3) is 1.73. The predicted molar refractivity (Wildman–Crippen MR) is 47.1 cm³/mol. The lowest BCUT2D eigenvalue weighted by molar-refractivity contribution is 0.247. The van der Waals surface area contributed by atoms with Crippen LogP contribution in [0.4, 0.5) is 0 Å². The van der Waals surface area contributed by atoms with Crippen molar-refractivity contribution in [2.45, 2.75) is 26.3 Å². The Morgan fingerprint density at radius 2 is 2.10 bits per heavy atom. The summed E-state index contributed by atoms with van der Waals surface area (Å²) in [5.41, 5.74) is -0.431. The van der Waals surface area contributed by atoms with E-state index in [1.165, 1.54) is 0 Å². The molecule has 0 aromatic rings. The van der Waals surface area contributed by atoms with E-state index in [0.717, 1.165) is 0 Å². The van der Waals surface area contributed by atoms with Gasteiger partial charge in [-0.3, -0.25) is 0 Å². The van der Waals surface area contributed by atoms with Gasteiger partial charge in [0.1, 0.15) is 5.76 Å². The van der Waals surface area contributed by atoms with E-state index in [1.54, 1.807) is 0 Å². The fourth-order valence-electron chi connectivity index (χ4n) is 0.497. The van der Waals surface area contributed by atoms with E-state index in [2.05, 4.69) is 27.1 Å². The van der Waals surface area contributed by atoms with Crippen molar-refractivity contribution in [2.75, 3.05) is 0 Å². The molecular weight excluding hydrogens is 194 g/mol. The van der Waals surface area contributed by atoms with Gasteiger partial charge in [0, 0.05) is 16.1 Å². The molecule has 0 spiro atoms. The summed E-state index contributed by atoms with van der Waals surface area (Å²) in [5, 5.41) is 9.15. The van der Waals surface area contributed by atoms with Crippen molar-refractivity contribution in [1.82, 2.24) is 4.34 Å². The number of aliphatic hydroxyl groups excluding tert-OH is 1. The highest BCUT2D eigenvalue weighted by molar-refractivity contribution is 9.08. The van der Waals surface area contributed by atoms with Crippen LogP contribution in [-0.4, -0.2) is 10.6 Å². The Hall–Kier alpha value is -0.0200. The van der Waals surface area contributed by atoms with Gasteiger partial charge in [-0.15, -0.1) is 0 Å².